The Labute approximate surface area is 73.7 Å². The summed E-state index contributed by atoms with van der Waals surface area (Å²) in [6.45, 7) is 10.7. The van der Waals surface area contributed by atoms with E-state index in [1.165, 1.54) is 15.8 Å². The predicted molar refractivity (Wildman–Crippen MR) is 56.5 cm³/mol. The molecule has 0 aliphatic heterocycles. The molecule has 0 N–H and O–H groups in total. The van der Waals surface area contributed by atoms with E-state index in [9.17, 15) is 0 Å². The summed E-state index contributed by atoms with van der Waals surface area (Å²) in [5.74, 6) is 0. The molecule has 0 aromatic rings. The number of rotatable bonds is 5. The summed E-state index contributed by atoms with van der Waals surface area (Å²) >= 11 is -1.49. The van der Waals surface area contributed by atoms with Gasteiger partial charge in [-0.1, -0.05) is 0 Å². The third kappa shape index (κ3) is 3.28. The molecule has 0 atom stereocenters. The van der Waals surface area contributed by atoms with Crippen molar-refractivity contribution in [2.75, 3.05) is 0 Å². The molecule has 0 nitrogen and oxygen atoms in total. The van der Waals surface area contributed by atoms with Gasteiger partial charge in [0.15, 0.2) is 0 Å². The van der Waals surface area contributed by atoms with Gasteiger partial charge in [0, 0.05) is 0 Å². The maximum absolute atomic E-state index is 3.71. The van der Waals surface area contributed by atoms with Gasteiger partial charge in [-0.2, -0.15) is 0 Å². The monoisotopic (exact) mass is 214 g/mol. The van der Waals surface area contributed by atoms with E-state index < -0.39 is 13.3 Å². The molecular weight excluding hydrogens is 193 g/mol. The van der Waals surface area contributed by atoms with Crippen LogP contribution >= 0.6 is 0 Å². The molecule has 0 bridgehead atoms. The van der Waals surface area contributed by atoms with Crippen molar-refractivity contribution in [2.45, 2.75) is 36.5 Å². The van der Waals surface area contributed by atoms with Gasteiger partial charge in [-0.05, 0) is 0 Å². The van der Waals surface area contributed by atoms with Gasteiger partial charge >= 0.3 is 73.4 Å². The zero-order chi connectivity index (χ0) is 8.74. The van der Waals surface area contributed by atoms with Crippen molar-refractivity contribution in [3.8, 4) is 0 Å². The van der Waals surface area contributed by atoms with E-state index in [1.54, 1.807) is 0 Å². The average molecular weight is 213 g/mol. The van der Waals surface area contributed by atoms with E-state index in [0.29, 0.717) is 0 Å². The van der Waals surface area contributed by atoms with Crippen LogP contribution in [0.2, 0.25) is 15.8 Å². The molecule has 0 unspecified atom stereocenters. The molecule has 0 radical (unpaired) electrons. The van der Waals surface area contributed by atoms with Crippen molar-refractivity contribution in [2.24, 2.45) is 0 Å². The summed E-state index contributed by atoms with van der Waals surface area (Å²) in [5.41, 5.74) is 0. The zero-order valence-corrected chi connectivity index (χ0v) is 10.2. The average Bonchev–Trinajstić information content (AvgIpc) is 2.08. The van der Waals surface area contributed by atoms with E-state index in [0.717, 1.165) is 0 Å². The van der Waals surface area contributed by atoms with Crippen molar-refractivity contribution in [1.29, 1.82) is 0 Å². The molecule has 0 aromatic heterocycles. The van der Waals surface area contributed by atoms with Gasteiger partial charge < -0.3 is 0 Å². The standard InChI is InChI=1S/C10H20Ge/c1-5-9-10-11(6-2,7-3)8-4/h5,9-10H,1,6-8H2,2-4H3. The van der Waals surface area contributed by atoms with Gasteiger partial charge in [-0.3, -0.25) is 0 Å². The van der Waals surface area contributed by atoms with Gasteiger partial charge in [0.2, 0.25) is 0 Å². The van der Waals surface area contributed by atoms with Crippen molar-refractivity contribution < 1.29 is 0 Å². The Morgan fingerprint density at radius 2 is 1.55 bits per heavy atom. The molecule has 1 heteroatoms. The normalized spacial score (nSPS) is 12.3. The van der Waals surface area contributed by atoms with Crippen LogP contribution in [-0.2, 0) is 0 Å². The Balaban J connectivity index is 4.27. The van der Waals surface area contributed by atoms with E-state index in [-0.39, 0.29) is 0 Å². The summed E-state index contributed by atoms with van der Waals surface area (Å²) in [6, 6.07) is 0. The van der Waals surface area contributed by atoms with Crippen LogP contribution in [-0.4, -0.2) is 13.3 Å². The molecule has 0 heterocycles. The zero-order valence-electron chi connectivity index (χ0n) is 8.06. The van der Waals surface area contributed by atoms with Crippen molar-refractivity contribution in [3.63, 3.8) is 0 Å². The maximum atomic E-state index is 3.71. The number of allylic oxidation sites excluding steroid dienone is 2. The van der Waals surface area contributed by atoms with E-state index >= 15 is 0 Å². The molecule has 0 aliphatic rings. The van der Waals surface area contributed by atoms with Gasteiger partial charge in [0.1, 0.15) is 0 Å². The SMILES string of the molecule is C=CC=[CH][Ge]([CH2]C)([CH2]C)[CH2]C. The van der Waals surface area contributed by atoms with Gasteiger partial charge in [0.25, 0.3) is 0 Å². The van der Waals surface area contributed by atoms with Gasteiger partial charge in [-0.15, -0.1) is 0 Å². The number of hydrogen-bond donors (Lipinski definition) is 0. The number of hydrogen-bond acceptors (Lipinski definition) is 0. The van der Waals surface area contributed by atoms with Crippen LogP contribution in [0.1, 0.15) is 20.8 Å². The molecule has 64 valence electrons. The molecule has 0 amide bonds. The third-order valence-electron chi connectivity index (χ3n) is 2.70. The summed E-state index contributed by atoms with van der Waals surface area (Å²) < 4.78 is 0. The topological polar surface area (TPSA) is 0 Å². The molecule has 0 fully saturated rings. The Bertz CT molecular complexity index is 124. The first-order chi connectivity index (χ1) is 5.24. The summed E-state index contributed by atoms with van der Waals surface area (Å²) in [4.78, 5) is 2.48. The third-order valence-corrected chi connectivity index (χ3v) is 13.4. The predicted octanol–water partition coefficient (Wildman–Crippen LogP) is 3.78. The fourth-order valence-electron chi connectivity index (χ4n) is 1.38. The molecule has 0 rings (SSSR count). The van der Waals surface area contributed by atoms with Crippen molar-refractivity contribution in [3.05, 3.63) is 23.6 Å². The first-order valence-electron chi connectivity index (χ1n) is 4.55. The molecule has 0 saturated heterocycles. The molecule has 0 saturated carbocycles. The van der Waals surface area contributed by atoms with Gasteiger partial charge in [-0.25, -0.2) is 0 Å². The van der Waals surface area contributed by atoms with E-state index in [2.05, 4.69) is 38.3 Å². The summed E-state index contributed by atoms with van der Waals surface area (Å²) in [5, 5.41) is 4.24. The fourth-order valence-corrected chi connectivity index (χ4v) is 7.15. The summed E-state index contributed by atoms with van der Waals surface area (Å²) in [7, 11) is 0. The Hall–Kier alpha value is 0.0229. The van der Waals surface area contributed by atoms with Crippen molar-refractivity contribution in [1.82, 2.24) is 0 Å². The van der Waals surface area contributed by atoms with Crippen LogP contribution in [0.15, 0.2) is 23.6 Å². The van der Waals surface area contributed by atoms with E-state index in [4.69, 9.17) is 0 Å². The summed E-state index contributed by atoms with van der Waals surface area (Å²) in [6.07, 6.45) is 4.05. The minimum absolute atomic E-state index is 1.41. The second-order valence-corrected chi connectivity index (χ2v) is 13.9. The minimum atomic E-state index is -1.49. The fraction of sp³-hybridized carbons (Fsp3) is 0.600. The molecule has 0 aromatic carbocycles. The second kappa shape index (κ2) is 5.65. The molecule has 0 aliphatic carbocycles. The van der Waals surface area contributed by atoms with Gasteiger partial charge in [0.05, 0.1) is 0 Å². The second-order valence-electron chi connectivity index (χ2n) is 3.02. The molecule has 0 spiro atoms. The first kappa shape index (κ1) is 11.0. The Morgan fingerprint density at radius 3 is 1.82 bits per heavy atom. The quantitative estimate of drug-likeness (QED) is 0.481. The van der Waals surface area contributed by atoms with Crippen LogP contribution in [0, 0.1) is 0 Å². The Morgan fingerprint density at radius 1 is 1.09 bits per heavy atom. The Kier molecular flexibility index (Phi) is 5.66. The van der Waals surface area contributed by atoms with Crippen LogP contribution in [0.3, 0.4) is 0 Å². The van der Waals surface area contributed by atoms with Crippen LogP contribution in [0.25, 0.3) is 0 Å². The van der Waals surface area contributed by atoms with Crippen molar-refractivity contribution >= 4 is 13.3 Å². The van der Waals surface area contributed by atoms with Crippen LogP contribution in [0.5, 0.6) is 0 Å². The van der Waals surface area contributed by atoms with E-state index in [1.807, 2.05) is 6.08 Å². The molecular formula is C10H20Ge. The molecule has 11 heavy (non-hydrogen) atoms. The van der Waals surface area contributed by atoms with Crippen LogP contribution < -0.4 is 0 Å². The van der Waals surface area contributed by atoms with Crippen LogP contribution in [0.4, 0.5) is 0 Å². The first-order valence-corrected chi connectivity index (χ1v) is 10.2.